The normalized spacial score (nSPS) is 17.0. The first-order chi connectivity index (χ1) is 6.48. The zero-order valence-corrected chi connectivity index (χ0v) is 8.84. The van der Waals surface area contributed by atoms with Gasteiger partial charge in [0.2, 0.25) is 10.0 Å². The molecule has 0 saturated heterocycles. The number of nitrogens with two attached hydrogens (primary N) is 1. The van der Waals surface area contributed by atoms with Crippen molar-refractivity contribution in [3.63, 3.8) is 0 Å². The molecule has 1 aromatic carbocycles. The first kappa shape index (κ1) is 9.68. The molecular weight excluding hydrogens is 198 g/mol. The van der Waals surface area contributed by atoms with Gasteiger partial charge in [-0.1, -0.05) is 17.7 Å². The molecule has 1 fully saturated rings. The molecule has 1 aliphatic rings. The standard InChI is InChI=1S/C10H13NO2S/c1-7-2-5-10(14(11,12)13)9(6-7)8-3-4-8/h2,5-6,8H,3-4H2,1H3,(H2,11,12,13). The summed E-state index contributed by atoms with van der Waals surface area (Å²) in [5.74, 6) is 0.406. The molecule has 14 heavy (non-hydrogen) atoms. The van der Waals surface area contributed by atoms with E-state index in [9.17, 15) is 8.42 Å². The lowest BCUT2D eigenvalue weighted by molar-refractivity contribution is 0.596. The molecule has 4 heteroatoms. The Bertz CT molecular complexity index is 461. The highest BCUT2D eigenvalue weighted by Gasteiger charge is 2.28. The number of hydrogen-bond donors (Lipinski definition) is 1. The fraction of sp³-hybridized carbons (Fsp3) is 0.400. The maximum absolute atomic E-state index is 11.3. The Morgan fingerprint density at radius 1 is 1.36 bits per heavy atom. The molecule has 0 radical (unpaired) electrons. The lowest BCUT2D eigenvalue weighted by atomic mass is 10.1. The Balaban J connectivity index is 2.59. The summed E-state index contributed by atoms with van der Waals surface area (Å²) in [5.41, 5.74) is 1.98. The molecule has 3 nitrogen and oxygen atoms in total. The number of hydrogen-bond acceptors (Lipinski definition) is 2. The molecule has 2 N–H and O–H groups in total. The van der Waals surface area contributed by atoms with Gasteiger partial charge in [-0.25, -0.2) is 13.6 Å². The van der Waals surface area contributed by atoms with E-state index in [0.29, 0.717) is 10.8 Å². The fourth-order valence-electron chi connectivity index (χ4n) is 1.64. The van der Waals surface area contributed by atoms with Crippen molar-refractivity contribution >= 4 is 10.0 Å². The van der Waals surface area contributed by atoms with Gasteiger partial charge in [0, 0.05) is 0 Å². The van der Waals surface area contributed by atoms with E-state index < -0.39 is 10.0 Å². The van der Waals surface area contributed by atoms with Crippen LogP contribution in [0, 0.1) is 6.92 Å². The molecular formula is C10H13NO2S. The van der Waals surface area contributed by atoms with Crippen molar-refractivity contribution in [1.29, 1.82) is 0 Å². The summed E-state index contributed by atoms with van der Waals surface area (Å²) in [4.78, 5) is 0.297. The van der Waals surface area contributed by atoms with Gasteiger partial charge in [-0.05, 0) is 37.3 Å². The van der Waals surface area contributed by atoms with E-state index in [0.717, 1.165) is 24.0 Å². The van der Waals surface area contributed by atoms with Crippen LogP contribution in [0.4, 0.5) is 0 Å². The van der Waals surface area contributed by atoms with Gasteiger partial charge in [0.05, 0.1) is 4.90 Å². The van der Waals surface area contributed by atoms with Crippen molar-refractivity contribution in [2.45, 2.75) is 30.6 Å². The molecule has 76 valence electrons. The van der Waals surface area contributed by atoms with Gasteiger partial charge in [-0.15, -0.1) is 0 Å². The Morgan fingerprint density at radius 3 is 2.50 bits per heavy atom. The lowest BCUT2D eigenvalue weighted by Crippen LogP contribution is -2.14. The van der Waals surface area contributed by atoms with Crippen LogP contribution in [0.5, 0.6) is 0 Å². The first-order valence-electron chi connectivity index (χ1n) is 4.62. The molecule has 1 saturated carbocycles. The van der Waals surface area contributed by atoms with Gasteiger partial charge in [0.1, 0.15) is 0 Å². The third-order valence-electron chi connectivity index (χ3n) is 2.49. The third kappa shape index (κ3) is 1.81. The Morgan fingerprint density at radius 2 is 2.00 bits per heavy atom. The van der Waals surface area contributed by atoms with E-state index in [1.165, 1.54) is 0 Å². The van der Waals surface area contributed by atoms with E-state index in [1.54, 1.807) is 12.1 Å². The minimum atomic E-state index is -3.56. The predicted octanol–water partition coefficient (Wildman–Crippen LogP) is 1.52. The Kier molecular flexibility index (Phi) is 2.12. The first-order valence-corrected chi connectivity index (χ1v) is 6.16. The van der Waals surface area contributed by atoms with Crippen LogP contribution < -0.4 is 5.14 Å². The summed E-state index contributed by atoms with van der Waals surface area (Å²) in [7, 11) is -3.56. The van der Waals surface area contributed by atoms with Crippen LogP contribution in [0.15, 0.2) is 23.1 Å². The number of benzene rings is 1. The van der Waals surface area contributed by atoms with Crippen LogP contribution in [0.1, 0.15) is 29.9 Å². The van der Waals surface area contributed by atoms with E-state index in [2.05, 4.69) is 0 Å². The minimum absolute atomic E-state index is 0.297. The molecule has 0 heterocycles. The van der Waals surface area contributed by atoms with Gasteiger partial charge < -0.3 is 0 Å². The SMILES string of the molecule is Cc1ccc(S(N)(=O)=O)c(C2CC2)c1. The van der Waals surface area contributed by atoms with Crippen LogP contribution in [0.3, 0.4) is 0 Å². The molecule has 0 atom stereocenters. The second-order valence-corrected chi connectivity index (χ2v) is 5.39. The minimum Gasteiger partial charge on any atom is -0.225 e. The number of rotatable bonds is 2. The van der Waals surface area contributed by atoms with Gasteiger partial charge in [0.15, 0.2) is 0 Å². The van der Waals surface area contributed by atoms with Crippen molar-refractivity contribution in [3.8, 4) is 0 Å². The molecule has 1 aliphatic carbocycles. The summed E-state index contributed by atoms with van der Waals surface area (Å²) in [6, 6.07) is 5.32. The molecule has 0 aliphatic heterocycles. The smallest absolute Gasteiger partial charge is 0.225 e. The second-order valence-electron chi connectivity index (χ2n) is 3.86. The van der Waals surface area contributed by atoms with Crippen molar-refractivity contribution in [3.05, 3.63) is 29.3 Å². The molecule has 0 bridgehead atoms. The van der Waals surface area contributed by atoms with Gasteiger partial charge in [-0.2, -0.15) is 0 Å². The largest absolute Gasteiger partial charge is 0.238 e. The summed E-state index contributed by atoms with van der Waals surface area (Å²) < 4.78 is 22.6. The highest BCUT2D eigenvalue weighted by atomic mass is 32.2. The molecule has 1 aromatic rings. The lowest BCUT2D eigenvalue weighted by Gasteiger charge is -2.07. The van der Waals surface area contributed by atoms with Crippen molar-refractivity contribution in [1.82, 2.24) is 0 Å². The monoisotopic (exact) mass is 211 g/mol. The average molecular weight is 211 g/mol. The quantitative estimate of drug-likeness (QED) is 0.806. The van der Waals surface area contributed by atoms with Gasteiger partial charge >= 0.3 is 0 Å². The fourth-order valence-corrected chi connectivity index (χ4v) is 2.45. The maximum Gasteiger partial charge on any atom is 0.238 e. The number of primary sulfonamides is 1. The van der Waals surface area contributed by atoms with Crippen molar-refractivity contribution in [2.75, 3.05) is 0 Å². The maximum atomic E-state index is 11.3. The van der Waals surface area contributed by atoms with Gasteiger partial charge in [0.25, 0.3) is 0 Å². The number of aryl methyl sites for hydroxylation is 1. The predicted molar refractivity (Wildman–Crippen MR) is 54.5 cm³/mol. The van der Waals surface area contributed by atoms with Crippen LogP contribution in [-0.4, -0.2) is 8.42 Å². The van der Waals surface area contributed by atoms with Crippen LogP contribution in [-0.2, 0) is 10.0 Å². The summed E-state index contributed by atoms with van der Waals surface area (Å²) in [5, 5.41) is 5.15. The zero-order chi connectivity index (χ0) is 10.3. The summed E-state index contributed by atoms with van der Waals surface area (Å²) >= 11 is 0. The van der Waals surface area contributed by atoms with E-state index in [4.69, 9.17) is 5.14 Å². The highest BCUT2D eigenvalue weighted by molar-refractivity contribution is 7.89. The number of sulfonamides is 1. The topological polar surface area (TPSA) is 60.2 Å². The third-order valence-corrected chi connectivity index (χ3v) is 3.47. The Labute approximate surface area is 84.0 Å². The molecule has 0 unspecified atom stereocenters. The second kappa shape index (κ2) is 3.07. The van der Waals surface area contributed by atoms with E-state index in [1.807, 2.05) is 13.0 Å². The summed E-state index contributed by atoms with van der Waals surface area (Å²) in [6.45, 7) is 1.96. The van der Waals surface area contributed by atoms with E-state index in [-0.39, 0.29) is 0 Å². The van der Waals surface area contributed by atoms with Crippen LogP contribution in [0.2, 0.25) is 0 Å². The molecule has 0 aromatic heterocycles. The highest BCUT2D eigenvalue weighted by Crippen LogP contribution is 2.42. The zero-order valence-electron chi connectivity index (χ0n) is 8.03. The summed E-state index contributed by atoms with van der Waals surface area (Å²) in [6.07, 6.45) is 2.15. The van der Waals surface area contributed by atoms with Gasteiger partial charge in [-0.3, -0.25) is 0 Å². The molecule has 0 amide bonds. The van der Waals surface area contributed by atoms with E-state index >= 15 is 0 Å². The van der Waals surface area contributed by atoms with Crippen molar-refractivity contribution in [2.24, 2.45) is 5.14 Å². The average Bonchev–Trinajstić information content (AvgIpc) is 2.83. The Hall–Kier alpha value is -0.870. The van der Waals surface area contributed by atoms with Crippen LogP contribution in [0.25, 0.3) is 0 Å². The molecule has 2 rings (SSSR count). The molecule has 0 spiro atoms. The van der Waals surface area contributed by atoms with Crippen LogP contribution >= 0.6 is 0 Å². The van der Waals surface area contributed by atoms with Crippen molar-refractivity contribution < 1.29 is 8.42 Å².